The van der Waals surface area contributed by atoms with Crippen LogP contribution in [0.1, 0.15) is 17.6 Å². The molecule has 0 atom stereocenters. The van der Waals surface area contributed by atoms with Crippen LogP contribution in [0.2, 0.25) is 5.02 Å². The van der Waals surface area contributed by atoms with Gasteiger partial charge in [-0.15, -0.1) is 0 Å². The Morgan fingerprint density at radius 2 is 1.95 bits per heavy atom. The lowest BCUT2D eigenvalue weighted by atomic mass is 10.1. The largest absolute Gasteiger partial charge is 0.380 e. The molecule has 2 aromatic carbocycles. The third-order valence-electron chi connectivity index (χ3n) is 2.62. The van der Waals surface area contributed by atoms with Gasteiger partial charge in [0.2, 0.25) is 0 Å². The highest BCUT2D eigenvalue weighted by atomic mass is 79.9. The zero-order valence-corrected chi connectivity index (χ0v) is 12.2. The van der Waals surface area contributed by atoms with Crippen LogP contribution in [0, 0.1) is 0 Å². The molecule has 2 rings (SSSR count). The Hall–Kier alpha value is -1.13. The number of nitrogens with one attached hydrogen (secondary N) is 1. The zero-order chi connectivity index (χ0) is 13.8. The van der Waals surface area contributed by atoms with Crippen LogP contribution in [0.4, 0.5) is 14.5 Å². The highest BCUT2D eigenvalue weighted by Gasteiger charge is 2.07. The first-order valence-electron chi connectivity index (χ1n) is 5.62. The maximum atomic E-state index is 12.6. The lowest BCUT2D eigenvalue weighted by Crippen LogP contribution is -2.00. The Bertz CT molecular complexity index is 575. The van der Waals surface area contributed by atoms with Gasteiger partial charge in [0, 0.05) is 27.3 Å². The van der Waals surface area contributed by atoms with Gasteiger partial charge in [0.05, 0.1) is 0 Å². The minimum atomic E-state index is -2.44. The quantitative estimate of drug-likeness (QED) is 0.754. The third kappa shape index (κ3) is 3.91. The Morgan fingerprint density at radius 3 is 2.63 bits per heavy atom. The van der Waals surface area contributed by atoms with E-state index in [1.54, 1.807) is 18.2 Å². The van der Waals surface area contributed by atoms with Gasteiger partial charge in [-0.2, -0.15) is 0 Å². The normalized spacial score (nSPS) is 10.8. The van der Waals surface area contributed by atoms with Gasteiger partial charge in [-0.25, -0.2) is 8.78 Å². The molecule has 0 bridgehead atoms. The van der Waals surface area contributed by atoms with E-state index >= 15 is 0 Å². The van der Waals surface area contributed by atoms with E-state index in [-0.39, 0.29) is 5.56 Å². The topological polar surface area (TPSA) is 12.0 Å². The molecular formula is C14H11BrClF2N. The predicted octanol–water partition coefficient (Wildman–Crippen LogP) is 5.65. The van der Waals surface area contributed by atoms with Gasteiger partial charge in [0.25, 0.3) is 6.43 Å². The molecule has 0 fully saturated rings. The van der Waals surface area contributed by atoms with Crippen LogP contribution in [0.3, 0.4) is 0 Å². The number of halogens is 4. The molecule has 0 heterocycles. The summed E-state index contributed by atoms with van der Waals surface area (Å²) in [7, 11) is 0. The summed E-state index contributed by atoms with van der Waals surface area (Å²) in [6, 6.07) is 11.7. The average Bonchev–Trinajstić information content (AvgIpc) is 2.38. The van der Waals surface area contributed by atoms with Crippen molar-refractivity contribution < 1.29 is 8.78 Å². The molecule has 0 unspecified atom stereocenters. The minimum Gasteiger partial charge on any atom is -0.380 e. The van der Waals surface area contributed by atoms with Crippen molar-refractivity contribution in [3.05, 3.63) is 63.1 Å². The molecule has 0 saturated carbocycles. The summed E-state index contributed by atoms with van der Waals surface area (Å²) in [5.74, 6) is 0. The summed E-state index contributed by atoms with van der Waals surface area (Å²) in [5, 5.41) is 3.81. The van der Waals surface area contributed by atoms with Crippen molar-refractivity contribution in [3.63, 3.8) is 0 Å². The summed E-state index contributed by atoms with van der Waals surface area (Å²) in [6.45, 7) is 0.473. The average molecular weight is 347 g/mol. The van der Waals surface area contributed by atoms with E-state index in [2.05, 4.69) is 21.2 Å². The molecule has 2 aromatic rings. The second kappa shape index (κ2) is 6.35. The second-order valence-electron chi connectivity index (χ2n) is 4.02. The van der Waals surface area contributed by atoms with Crippen molar-refractivity contribution in [1.82, 2.24) is 0 Å². The molecule has 0 aromatic heterocycles. The number of hydrogen-bond acceptors (Lipinski definition) is 1. The predicted molar refractivity (Wildman–Crippen MR) is 77.9 cm³/mol. The van der Waals surface area contributed by atoms with Crippen molar-refractivity contribution in [3.8, 4) is 0 Å². The standard InChI is InChI=1S/C14H11BrClF2N/c15-12-7-11(16)4-5-13(12)19-8-9-2-1-3-10(6-9)14(17)18/h1-7,14,19H,8H2. The molecule has 100 valence electrons. The first kappa shape index (κ1) is 14.3. The summed E-state index contributed by atoms with van der Waals surface area (Å²) >= 11 is 9.24. The molecule has 0 saturated heterocycles. The fourth-order valence-corrected chi connectivity index (χ4v) is 2.49. The van der Waals surface area contributed by atoms with E-state index < -0.39 is 6.43 Å². The van der Waals surface area contributed by atoms with E-state index in [9.17, 15) is 8.78 Å². The van der Waals surface area contributed by atoms with Crippen molar-refractivity contribution in [2.75, 3.05) is 5.32 Å². The second-order valence-corrected chi connectivity index (χ2v) is 5.31. The van der Waals surface area contributed by atoms with Gasteiger partial charge in [0.1, 0.15) is 0 Å². The van der Waals surface area contributed by atoms with E-state index in [1.165, 1.54) is 12.1 Å². The Kier molecular flexibility index (Phi) is 4.77. The molecule has 0 aliphatic heterocycles. The molecule has 1 N–H and O–H groups in total. The number of rotatable bonds is 4. The smallest absolute Gasteiger partial charge is 0.263 e. The molecule has 0 aliphatic carbocycles. The van der Waals surface area contributed by atoms with E-state index in [1.807, 2.05) is 12.1 Å². The fraction of sp³-hybridized carbons (Fsp3) is 0.143. The monoisotopic (exact) mass is 345 g/mol. The zero-order valence-electron chi connectivity index (χ0n) is 9.84. The van der Waals surface area contributed by atoms with Gasteiger partial charge >= 0.3 is 0 Å². The van der Waals surface area contributed by atoms with E-state index in [0.717, 1.165) is 15.7 Å². The summed E-state index contributed by atoms with van der Waals surface area (Å²) < 4.78 is 26.0. The summed E-state index contributed by atoms with van der Waals surface area (Å²) in [6.07, 6.45) is -2.44. The Balaban J connectivity index is 2.08. The number of hydrogen-bond donors (Lipinski definition) is 1. The molecule has 5 heteroatoms. The van der Waals surface area contributed by atoms with Crippen molar-refractivity contribution in [2.24, 2.45) is 0 Å². The van der Waals surface area contributed by atoms with Crippen LogP contribution in [0.15, 0.2) is 46.9 Å². The number of anilines is 1. The van der Waals surface area contributed by atoms with Gasteiger partial charge in [-0.3, -0.25) is 0 Å². The van der Waals surface area contributed by atoms with Crippen LogP contribution in [0.5, 0.6) is 0 Å². The molecular weight excluding hydrogens is 336 g/mol. The summed E-state index contributed by atoms with van der Waals surface area (Å²) in [4.78, 5) is 0. The fourth-order valence-electron chi connectivity index (χ4n) is 1.67. The lowest BCUT2D eigenvalue weighted by Gasteiger charge is -2.10. The van der Waals surface area contributed by atoms with Crippen LogP contribution in [-0.2, 0) is 6.54 Å². The van der Waals surface area contributed by atoms with Crippen molar-refractivity contribution in [1.29, 1.82) is 0 Å². The van der Waals surface area contributed by atoms with Crippen LogP contribution >= 0.6 is 27.5 Å². The maximum Gasteiger partial charge on any atom is 0.263 e. The summed E-state index contributed by atoms with van der Waals surface area (Å²) in [5.41, 5.74) is 1.71. The van der Waals surface area contributed by atoms with Gasteiger partial charge in [-0.1, -0.05) is 29.8 Å². The van der Waals surface area contributed by atoms with Crippen molar-refractivity contribution >= 4 is 33.2 Å². The van der Waals surface area contributed by atoms with Crippen molar-refractivity contribution in [2.45, 2.75) is 13.0 Å². The lowest BCUT2D eigenvalue weighted by molar-refractivity contribution is 0.151. The maximum absolute atomic E-state index is 12.6. The van der Waals surface area contributed by atoms with Gasteiger partial charge in [-0.05, 0) is 45.8 Å². The highest BCUT2D eigenvalue weighted by Crippen LogP contribution is 2.26. The Morgan fingerprint density at radius 1 is 1.16 bits per heavy atom. The van der Waals surface area contributed by atoms with E-state index in [0.29, 0.717) is 11.6 Å². The van der Waals surface area contributed by atoms with Gasteiger partial charge < -0.3 is 5.32 Å². The molecule has 0 spiro atoms. The highest BCUT2D eigenvalue weighted by molar-refractivity contribution is 9.10. The van der Waals surface area contributed by atoms with E-state index in [4.69, 9.17) is 11.6 Å². The molecule has 1 nitrogen and oxygen atoms in total. The Labute approximate surface area is 123 Å². The number of alkyl halides is 2. The first-order chi connectivity index (χ1) is 9.06. The van der Waals surface area contributed by atoms with Crippen LogP contribution in [-0.4, -0.2) is 0 Å². The van der Waals surface area contributed by atoms with Crippen LogP contribution in [0.25, 0.3) is 0 Å². The number of benzene rings is 2. The van der Waals surface area contributed by atoms with Gasteiger partial charge in [0.15, 0.2) is 0 Å². The van der Waals surface area contributed by atoms with Crippen LogP contribution < -0.4 is 5.32 Å². The molecule has 0 radical (unpaired) electrons. The first-order valence-corrected chi connectivity index (χ1v) is 6.79. The molecule has 19 heavy (non-hydrogen) atoms. The molecule has 0 amide bonds. The third-order valence-corrected chi connectivity index (χ3v) is 3.51. The molecule has 0 aliphatic rings. The minimum absolute atomic E-state index is 0.0365. The SMILES string of the molecule is FC(F)c1cccc(CNc2ccc(Cl)cc2Br)c1.